The standard InChI is InChI=1S/C23H14Cl2O3/c24-17-11-10-14(12-18(17)25)21(26)20-19(13-6-2-1-3-7-13)22(27)15-8-4-5-9-16(15)23(20)28/h1-12,27-28H. The number of phenols is 2. The predicted molar refractivity (Wildman–Crippen MR) is 113 cm³/mol. The first kappa shape index (κ1) is 18.4. The Kier molecular flexibility index (Phi) is 4.71. The van der Waals surface area contributed by atoms with E-state index >= 15 is 0 Å². The number of benzene rings is 4. The average Bonchev–Trinajstić information content (AvgIpc) is 2.72. The summed E-state index contributed by atoms with van der Waals surface area (Å²) in [5.74, 6) is -0.720. The van der Waals surface area contributed by atoms with Gasteiger partial charge in [0.05, 0.1) is 15.6 Å². The Balaban J connectivity index is 2.07. The van der Waals surface area contributed by atoms with Gasteiger partial charge in [-0.1, -0.05) is 77.8 Å². The van der Waals surface area contributed by atoms with E-state index in [4.69, 9.17) is 23.2 Å². The van der Waals surface area contributed by atoms with Crippen molar-refractivity contribution in [2.75, 3.05) is 0 Å². The van der Waals surface area contributed by atoms with Crippen LogP contribution in [0.4, 0.5) is 0 Å². The van der Waals surface area contributed by atoms with Gasteiger partial charge in [-0.05, 0) is 23.8 Å². The number of hydrogen-bond acceptors (Lipinski definition) is 3. The van der Waals surface area contributed by atoms with Crippen molar-refractivity contribution < 1.29 is 15.0 Å². The van der Waals surface area contributed by atoms with Crippen molar-refractivity contribution in [1.29, 1.82) is 0 Å². The average molecular weight is 409 g/mol. The van der Waals surface area contributed by atoms with Crippen LogP contribution in [-0.4, -0.2) is 16.0 Å². The molecule has 0 unspecified atom stereocenters. The highest BCUT2D eigenvalue weighted by Crippen LogP contribution is 2.45. The molecule has 0 aliphatic rings. The van der Waals surface area contributed by atoms with E-state index in [-0.39, 0.29) is 33.2 Å². The molecular weight excluding hydrogens is 395 g/mol. The lowest BCUT2D eigenvalue weighted by molar-refractivity contribution is 0.103. The number of aromatic hydroxyl groups is 2. The number of carbonyl (C=O) groups is 1. The van der Waals surface area contributed by atoms with Crippen LogP contribution in [0.3, 0.4) is 0 Å². The number of ketones is 1. The number of carbonyl (C=O) groups excluding carboxylic acids is 1. The van der Waals surface area contributed by atoms with Crippen LogP contribution >= 0.6 is 23.2 Å². The minimum atomic E-state index is -0.462. The van der Waals surface area contributed by atoms with Crippen molar-refractivity contribution in [3.63, 3.8) is 0 Å². The van der Waals surface area contributed by atoms with Crippen LogP contribution in [0, 0.1) is 0 Å². The van der Waals surface area contributed by atoms with Gasteiger partial charge < -0.3 is 10.2 Å². The van der Waals surface area contributed by atoms with E-state index in [9.17, 15) is 15.0 Å². The molecule has 0 aliphatic carbocycles. The van der Waals surface area contributed by atoms with Gasteiger partial charge in [-0.2, -0.15) is 0 Å². The van der Waals surface area contributed by atoms with Crippen LogP contribution in [0.25, 0.3) is 21.9 Å². The smallest absolute Gasteiger partial charge is 0.197 e. The topological polar surface area (TPSA) is 57.5 Å². The molecule has 4 rings (SSSR count). The Morgan fingerprint density at radius 3 is 1.96 bits per heavy atom. The summed E-state index contributed by atoms with van der Waals surface area (Å²) in [7, 11) is 0. The number of hydrogen-bond donors (Lipinski definition) is 2. The van der Waals surface area contributed by atoms with E-state index in [1.54, 1.807) is 48.5 Å². The summed E-state index contributed by atoms with van der Waals surface area (Å²) in [5, 5.41) is 23.4. The number of rotatable bonds is 3. The minimum Gasteiger partial charge on any atom is -0.507 e. The Hall–Kier alpha value is -3.01. The first-order chi connectivity index (χ1) is 13.5. The van der Waals surface area contributed by atoms with E-state index in [0.29, 0.717) is 21.4 Å². The monoisotopic (exact) mass is 408 g/mol. The zero-order chi connectivity index (χ0) is 19.8. The van der Waals surface area contributed by atoms with Gasteiger partial charge in [0.25, 0.3) is 0 Å². The van der Waals surface area contributed by atoms with Crippen LogP contribution in [0.5, 0.6) is 11.5 Å². The Labute approximate surface area is 171 Å². The summed E-state index contributed by atoms with van der Waals surface area (Å²) in [5.41, 5.74) is 1.16. The quantitative estimate of drug-likeness (QED) is 0.302. The van der Waals surface area contributed by atoms with E-state index in [1.807, 2.05) is 6.07 Å². The maximum atomic E-state index is 13.3. The second-order valence-corrected chi connectivity index (χ2v) is 7.13. The summed E-state index contributed by atoms with van der Waals surface area (Å²) < 4.78 is 0. The fraction of sp³-hybridized carbons (Fsp3) is 0. The molecule has 4 aromatic rings. The molecule has 0 radical (unpaired) electrons. The molecule has 0 saturated heterocycles. The van der Waals surface area contributed by atoms with Gasteiger partial charge in [0.1, 0.15) is 11.5 Å². The molecule has 3 nitrogen and oxygen atoms in total. The predicted octanol–water partition coefficient (Wildman–Crippen LogP) is 6.46. The van der Waals surface area contributed by atoms with Crippen molar-refractivity contribution in [3.8, 4) is 22.6 Å². The molecule has 0 saturated carbocycles. The van der Waals surface area contributed by atoms with Crippen molar-refractivity contribution in [2.45, 2.75) is 0 Å². The number of phenolic OH excluding ortho intramolecular Hbond substituents is 2. The summed E-state index contributed by atoms with van der Waals surface area (Å²) in [6.45, 7) is 0. The van der Waals surface area contributed by atoms with E-state index < -0.39 is 5.78 Å². The third kappa shape index (κ3) is 2.99. The maximum absolute atomic E-state index is 13.3. The second-order valence-electron chi connectivity index (χ2n) is 6.32. The highest BCUT2D eigenvalue weighted by molar-refractivity contribution is 6.42. The summed E-state index contributed by atoms with van der Waals surface area (Å²) in [4.78, 5) is 13.3. The van der Waals surface area contributed by atoms with E-state index in [0.717, 1.165) is 0 Å². The zero-order valence-corrected chi connectivity index (χ0v) is 16.0. The molecule has 0 aliphatic heterocycles. The highest BCUT2D eigenvalue weighted by Gasteiger charge is 2.26. The Morgan fingerprint density at radius 1 is 0.714 bits per heavy atom. The molecule has 4 aromatic carbocycles. The van der Waals surface area contributed by atoms with Gasteiger partial charge in [0.2, 0.25) is 0 Å². The molecular formula is C23H14Cl2O3. The van der Waals surface area contributed by atoms with Gasteiger partial charge in [0.15, 0.2) is 5.78 Å². The summed E-state index contributed by atoms with van der Waals surface area (Å²) in [6, 6.07) is 20.3. The summed E-state index contributed by atoms with van der Waals surface area (Å²) >= 11 is 12.0. The SMILES string of the molecule is O=C(c1ccc(Cl)c(Cl)c1)c1c(-c2ccccc2)c(O)c2ccccc2c1O. The summed E-state index contributed by atoms with van der Waals surface area (Å²) in [6.07, 6.45) is 0. The molecule has 0 atom stereocenters. The van der Waals surface area contributed by atoms with E-state index in [2.05, 4.69) is 0 Å². The van der Waals surface area contributed by atoms with Crippen LogP contribution in [0.15, 0.2) is 72.8 Å². The molecule has 2 N–H and O–H groups in total. The molecule has 138 valence electrons. The minimum absolute atomic E-state index is 0.0146. The Morgan fingerprint density at radius 2 is 1.32 bits per heavy atom. The van der Waals surface area contributed by atoms with Gasteiger partial charge >= 0.3 is 0 Å². The van der Waals surface area contributed by atoms with Crippen LogP contribution in [0.1, 0.15) is 15.9 Å². The van der Waals surface area contributed by atoms with Crippen LogP contribution in [0.2, 0.25) is 10.0 Å². The second kappa shape index (κ2) is 7.19. The molecule has 0 heterocycles. The van der Waals surface area contributed by atoms with Crippen LogP contribution < -0.4 is 0 Å². The van der Waals surface area contributed by atoms with Gasteiger partial charge in [0, 0.05) is 21.9 Å². The lowest BCUT2D eigenvalue weighted by atomic mass is 9.89. The zero-order valence-electron chi connectivity index (χ0n) is 14.5. The normalized spacial score (nSPS) is 10.9. The van der Waals surface area contributed by atoms with Crippen molar-refractivity contribution in [1.82, 2.24) is 0 Å². The fourth-order valence-electron chi connectivity index (χ4n) is 3.29. The van der Waals surface area contributed by atoms with Gasteiger partial charge in [-0.25, -0.2) is 0 Å². The molecule has 5 heteroatoms. The fourth-order valence-corrected chi connectivity index (χ4v) is 3.59. The third-order valence-corrected chi connectivity index (χ3v) is 5.37. The highest BCUT2D eigenvalue weighted by atomic mass is 35.5. The first-order valence-corrected chi connectivity index (χ1v) is 9.26. The number of fused-ring (bicyclic) bond motifs is 1. The molecule has 0 spiro atoms. The number of halogens is 2. The Bertz CT molecular complexity index is 1220. The molecule has 0 bridgehead atoms. The van der Waals surface area contributed by atoms with Crippen molar-refractivity contribution >= 4 is 39.8 Å². The molecule has 0 amide bonds. The maximum Gasteiger partial charge on any atom is 0.197 e. The third-order valence-electron chi connectivity index (χ3n) is 4.63. The lowest BCUT2D eigenvalue weighted by Crippen LogP contribution is -2.05. The molecule has 0 aromatic heterocycles. The molecule has 0 fully saturated rings. The molecule has 28 heavy (non-hydrogen) atoms. The van der Waals surface area contributed by atoms with Crippen LogP contribution in [-0.2, 0) is 0 Å². The van der Waals surface area contributed by atoms with Gasteiger partial charge in [-0.15, -0.1) is 0 Å². The van der Waals surface area contributed by atoms with Gasteiger partial charge in [-0.3, -0.25) is 4.79 Å². The first-order valence-electron chi connectivity index (χ1n) is 8.51. The van der Waals surface area contributed by atoms with Crippen molar-refractivity contribution in [2.24, 2.45) is 0 Å². The lowest BCUT2D eigenvalue weighted by Gasteiger charge is -2.16. The van der Waals surface area contributed by atoms with E-state index in [1.165, 1.54) is 18.2 Å². The van der Waals surface area contributed by atoms with Crippen molar-refractivity contribution in [3.05, 3.63) is 94.0 Å². The largest absolute Gasteiger partial charge is 0.507 e.